The number of nitrogens with one attached hydrogen (secondary N) is 1. The molecule has 0 aromatic carbocycles. The molecule has 1 rings (SSSR count). The number of halogens is 1. The first-order valence-electron chi connectivity index (χ1n) is 4.59. The Hall–Kier alpha value is -0.540. The van der Waals surface area contributed by atoms with E-state index in [-0.39, 0.29) is 6.04 Å². The topological polar surface area (TPSA) is 29.9 Å². The van der Waals surface area contributed by atoms with Crippen molar-refractivity contribution in [1.82, 2.24) is 15.1 Å². The van der Waals surface area contributed by atoms with Gasteiger partial charge in [-0.25, -0.2) is 0 Å². The van der Waals surface area contributed by atoms with E-state index in [1.54, 1.807) is 6.20 Å². The Morgan fingerprint density at radius 2 is 2.38 bits per heavy atom. The van der Waals surface area contributed by atoms with Gasteiger partial charge < -0.3 is 5.32 Å². The Balaban J connectivity index is 2.93. The van der Waals surface area contributed by atoms with Gasteiger partial charge in [-0.3, -0.25) is 4.68 Å². The zero-order valence-electron chi connectivity index (χ0n) is 8.34. The van der Waals surface area contributed by atoms with Gasteiger partial charge in [-0.1, -0.05) is 18.5 Å². The molecule has 0 fully saturated rings. The fourth-order valence-electron chi connectivity index (χ4n) is 1.33. The smallest absolute Gasteiger partial charge is 0.0834 e. The van der Waals surface area contributed by atoms with Gasteiger partial charge in [-0.2, -0.15) is 5.10 Å². The van der Waals surface area contributed by atoms with Crippen molar-refractivity contribution in [3.8, 4) is 0 Å². The molecule has 1 aromatic heterocycles. The first kappa shape index (κ1) is 10.5. The highest BCUT2D eigenvalue weighted by molar-refractivity contribution is 6.31. The predicted octanol–water partition coefficient (Wildman–Crippen LogP) is 2.23. The second kappa shape index (κ2) is 4.63. The Labute approximate surface area is 84.1 Å². The average molecular weight is 202 g/mol. The van der Waals surface area contributed by atoms with Crippen LogP contribution in [0.1, 0.15) is 32.0 Å². The van der Waals surface area contributed by atoms with Gasteiger partial charge in [0.2, 0.25) is 0 Å². The van der Waals surface area contributed by atoms with E-state index in [4.69, 9.17) is 11.6 Å². The first-order valence-corrected chi connectivity index (χ1v) is 4.97. The van der Waals surface area contributed by atoms with E-state index in [0.29, 0.717) is 0 Å². The van der Waals surface area contributed by atoms with Crippen molar-refractivity contribution in [2.24, 2.45) is 0 Å². The second-order valence-corrected chi connectivity index (χ2v) is 3.52. The lowest BCUT2D eigenvalue weighted by molar-refractivity contribution is 0.521. The van der Waals surface area contributed by atoms with Crippen LogP contribution in [0.3, 0.4) is 0 Å². The third kappa shape index (κ3) is 2.23. The van der Waals surface area contributed by atoms with Crippen LogP contribution in [0.15, 0.2) is 6.20 Å². The minimum Gasteiger partial charge on any atom is -0.312 e. The molecule has 0 radical (unpaired) electrons. The summed E-state index contributed by atoms with van der Waals surface area (Å²) in [5.41, 5.74) is 1.08. The summed E-state index contributed by atoms with van der Waals surface area (Å²) in [6.07, 6.45) is 2.78. The average Bonchev–Trinajstić information content (AvgIpc) is 2.47. The Kier molecular flexibility index (Phi) is 3.75. The van der Waals surface area contributed by atoms with Gasteiger partial charge in [0, 0.05) is 12.6 Å². The maximum Gasteiger partial charge on any atom is 0.0834 e. The molecule has 74 valence electrons. The maximum absolute atomic E-state index is 6.03. The van der Waals surface area contributed by atoms with Crippen LogP contribution >= 0.6 is 11.6 Å². The van der Waals surface area contributed by atoms with Crippen LogP contribution < -0.4 is 5.32 Å². The van der Waals surface area contributed by atoms with Gasteiger partial charge in [-0.15, -0.1) is 0 Å². The third-order valence-corrected chi connectivity index (χ3v) is 2.40. The zero-order chi connectivity index (χ0) is 9.84. The molecule has 0 aliphatic rings. The molecule has 1 aromatic rings. The maximum atomic E-state index is 6.03. The van der Waals surface area contributed by atoms with Crippen LogP contribution in [0.25, 0.3) is 0 Å². The van der Waals surface area contributed by atoms with Gasteiger partial charge in [0.1, 0.15) is 0 Å². The number of rotatable bonds is 4. The van der Waals surface area contributed by atoms with Crippen molar-refractivity contribution in [2.45, 2.75) is 32.9 Å². The van der Waals surface area contributed by atoms with E-state index in [1.165, 1.54) is 0 Å². The summed E-state index contributed by atoms with van der Waals surface area (Å²) in [5, 5.41) is 8.13. The van der Waals surface area contributed by atoms with Crippen LogP contribution in [0.4, 0.5) is 0 Å². The van der Waals surface area contributed by atoms with E-state index in [2.05, 4.69) is 24.3 Å². The monoisotopic (exact) mass is 201 g/mol. The zero-order valence-corrected chi connectivity index (χ0v) is 9.10. The lowest BCUT2D eigenvalue weighted by atomic mass is 10.2. The minimum absolute atomic E-state index is 0.251. The fourth-order valence-corrected chi connectivity index (χ4v) is 1.63. The van der Waals surface area contributed by atoms with Gasteiger partial charge in [-0.05, 0) is 20.4 Å². The van der Waals surface area contributed by atoms with Crippen LogP contribution in [0.2, 0.25) is 5.02 Å². The molecule has 0 aliphatic heterocycles. The Morgan fingerprint density at radius 3 is 2.92 bits per heavy atom. The lowest BCUT2D eigenvalue weighted by Gasteiger charge is -2.13. The molecule has 4 heteroatoms. The van der Waals surface area contributed by atoms with Crippen molar-refractivity contribution in [3.63, 3.8) is 0 Å². The van der Waals surface area contributed by atoms with Gasteiger partial charge in [0.05, 0.1) is 16.9 Å². The summed E-state index contributed by atoms with van der Waals surface area (Å²) < 4.78 is 1.96. The van der Waals surface area contributed by atoms with Crippen molar-refractivity contribution < 1.29 is 0 Å². The molecule has 13 heavy (non-hydrogen) atoms. The van der Waals surface area contributed by atoms with Crippen molar-refractivity contribution >= 4 is 11.6 Å². The molecule has 0 spiro atoms. The van der Waals surface area contributed by atoms with Crippen LogP contribution in [-0.4, -0.2) is 16.8 Å². The molecule has 0 saturated carbocycles. The van der Waals surface area contributed by atoms with Gasteiger partial charge >= 0.3 is 0 Å². The van der Waals surface area contributed by atoms with E-state index < -0.39 is 0 Å². The summed E-state index contributed by atoms with van der Waals surface area (Å²) in [7, 11) is 1.92. The van der Waals surface area contributed by atoms with E-state index in [9.17, 15) is 0 Å². The normalized spacial score (nSPS) is 13.2. The van der Waals surface area contributed by atoms with Crippen LogP contribution in [-0.2, 0) is 6.54 Å². The van der Waals surface area contributed by atoms with E-state index in [0.717, 1.165) is 23.7 Å². The summed E-state index contributed by atoms with van der Waals surface area (Å²) in [6.45, 7) is 5.13. The molecule has 1 N–H and O–H groups in total. The Bertz CT molecular complexity index is 270. The number of aromatic nitrogens is 2. The number of hydrogen-bond acceptors (Lipinski definition) is 2. The third-order valence-electron chi connectivity index (χ3n) is 2.11. The number of aryl methyl sites for hydroxylation is 1. The molecule has 0 saturated heterocycles. The lowest BCUT2D eigenvalue weighted by Crippen LogP contribution is -2.17. The Morgan fingerprint density at radius 1 is 1.69 bits per heavy atom. The number of nitrogens with zero attached hydrogens (tertiary/aromatic N) is 2. The largest absolute Gasteiger partial charge is 0.312 e. The molecule has 1 atom stereocenters. The molecular weight excluding hydrogens is 186 g/mol. The molecule has 1 unspecified atom stereocenters. The summed E-state index contributed by atoms with van der Waals surface area (Å²) in [6, 6.07) is 0.251. The minimum atomic E-state index is 0.251. The van der Waals surface area contributed by atoms with Crippen molar-refractivity contribution in [3.05, 3.63) is 16.9 Å². The molecule has 0 aliphatic carbocycles. The van der Waals surface area contributed by atoms with Crippen molar-refractivity contribution in [2.75, 3.05) is 7.05 Å². The fraction of sp³-hybridized carbons (Fsp3) is 0.667. The highest BCUT2D eigenvalue weighted by atomic mass is 35.5. The van der Waals surface area contributed by atoms with Gasteiger partial charge in [0.15, 0.2) is 0 Å². The van der Waals surface area contributed by atoms with E-state index >= 15 is 0 Å². The SMILES string of the molecule is CCCn1ncc(Cl)c1C(C)NC. The van der Waals surface area contributed by atoms with Crippen LogP contribution in [0, 0.1) is 0 Å². The quantitative estimate of drug-likeness (QED) is 0.810. The summed E-state index contributed by atoms with van der Waals surface area (Å²) in [4.78, 5) is 0. The molecule has 0 amide bonds. The van der Waals surface area contributed by atoms with Gasteiger partial charge in [0.25, 0.3) is 0 Å². The highest BCUT2D eigenvalue weighted by Crippen LogP contribution is 2.22. The first-order chi connectivity index (χ1) is 6.20. The molecule has 3 nitrogen and oxygen atoms in total. The molecular formula is C9H16ClN3. The summed E-state index contributed by atoms with van der Waals surface area (Å²) in [5.74, 6) is 0. The second-order valence-electron chi connectivity index (χ2n) is 3.11. The molecule has 0 bridgehead atoms. The predicted molar refractivity (Wildman–Crippen MR) is 55.0 cm³/mol. The number of hydrogen-bond donors (Lipinski definition) is 1. The van der Waals surface area contributed by atoms with Crippen molar-refractivity contribution in [1.29, 1.82) is 0 Å². The molecule has 1 heterocycles. The van der Waals surface area contributed by atoms with Crippen LogP contribution in [0.5, 0.6) is 0 Å². The summed E-state index contributed by atoms with van der Waals surface area (Å²) >= 11 is 6.03. The van der Waals surface area contributed by atoms with E-state index in [1.807, 2.05) is 11.7 Å². The highest BCUT2D eigenvalue weighted by Gasteiger charge is 2.13. The standard InChI is InChI=1S/C9H16ClN3/c1-4-5-13-9(7(2)11-3)8(10)6-12-13/h6-7,11H,4-5H2,1-3H3.